The van der Waals surface area contributed by atoms with Crippen LogP contribution < -0.4 is 5.56 Å². The first kappa shape index (κ1) is 15.3. The van der Waals surface area contributed by atoms with Gasteiger partial charge in [0.25, 0.3) is 5.91 Å². The average molecular weight is 291 g/mol. The first-order chi connectivity index (χ1) is 9.97. The number of pyridine rings is 1. The van der Waals surface area contributed by atoms with Crippen LogP contribution in [-0.4, -0.2) is 52.8 Å². The van der Waals surface area contributed by atoms with Gasteiger partial charge < -0.3 is 14.8 Å². The molecule has 2 heterocycles. The highest BCUT2D eigenvalue weighted by Gasteiger charge is 2.25. The van der Waals surface area contributed by atoms with Gasteiger partial charge in [-0.2, -0.15) is 0 Å². The molecule has 0 saturated carbocycles. The van der Waals surface area contributed by atoms with Crippen molar-refractivity contribution in [3.8, 4) is 0 Å². The maximum absolute atomic E-state index is 12.3. The third-order valence-electron chi connectivity index (χ3n) is 3.53. The zero-order valence-corrected chi connectivity index (χ0v) is 12.5. The molecule has 1 aliphatic heterocycles. The molecule has 0 bridgehead atoms. The van der Waals surface area contributed by atoms with Crippen molar-refractivity contribution in [2.45, 2.75) is 20.3 Å². The first-order valence-corrected chi connectivity index (χ1v) is 7.23. The van der Waals surface area contributed by atoms with Crippen molar-refractivity contribution < 1.29 is 9.59 Å². The van der Waals surface area contributed by atoms with E-state index in [1.165, 1.54) is 18.3 Å². The second kappa shape index (κ2) is 6.56. The summed E-state index contributed by atoms with van der Waals surface area (Å²) in [5, 5.41) is 0. The summed E-state index contributed by atoms with van der Waals surface area (Å²) >= 11 is 0. The number of carbonyl (C=O) groups excluding carboxylic acids is 2. The molecule has 2 amide bonds. The van der Waals surface area contributed by atoms with Gasteiger partial charge in [-0.05, 0) is 12.0 Å². The lowest BCUT2D eigenvalue weighted by molar-refractivity contribution is -0.133. The molecule has 1 N–H and O–H groups in total. The number of piperazine rings is 1. The standard InChI is InChI=1S/C15H21N3O3/c1-11(2)9-14(20)17-5-7-18(8-6-17)15(21)12-3-4-13(19)16-10-12/h3-4,10-11H,5-9H2,1-2H3,(H,16,19). The van der Waals surface area contributed by atoms with Crippen LogP contribution in [0.1, 0.15) is 30.6 Å². The lowest BCUT2D eigenvalue weighted by Crippen LogP contribution is -2.50. The molecule has 1 aromatic heterocycles. The first-order valence-electron chi connectivity index (χ1n) is 7.23. The lowest BCUT2D eigenvalue weighted by Gasteiger charge is -2.35. The highest BCUT2D eigenvalue weighted by molar-refractivity contribution is 5.94. The van der Waals surface area contributed by atoms with Gasteiger partial charge in [-0.1, -0.05) is 13.8 Å². The second-order valence-electron chi connectivity index (χ2n) is 5.71. The van der Waals surface area contributed by atoms with E-state index in [0.717, 1.165) is 0 Å². The molecule has 1 aromatic rings. The predicted octanol–water partition coefficient (Wildman–Crippen LogP) is 0.705. The van der Waals surface area contributed by atoms with Gasteiger partial charge in [-0.25, -0.2) is 0 Å². The van der Waals surface area contributed by atoms with Crippen molar-refractivity contribution in [1.82, 2.24) is 14.8 Å². The summed E-state index contributed by atoms with van der Waals surface area (Å²) in [6, 6.07) is 2.87. The molecular weight excluding hydrogens is 270 g/mol. The Kier molecular flexibility index (Phi) is 4.77. The molecule has 0 aromatic carbocycles. The molecule has 114 valence electrons. The van der Waals surface area contributed by atoms with E-state index in [2.05, 4.69) is 4.98 Å². The Morgan fingerprint density at radius 3 is 2.29 bits per heavy atom. The third-order valence-corrected chi connectivity index (χ3v) is 3.53. The molecule has 0 atom stereocenters. The summed E-state index contributed by atoms with van der Waals surface area (Å²) in [5.74, 6) is 0.390. The van der Waals surface area contributed by atoms with Gasteiger partial charge >= 0.3 is 0 Å². The molecule has 6 nitrogen and oxygen atoms in total. The molecule has 21 heavy (non-hydrogen) atoms. The highest BCUT2D eigenvalue weighted by Crippen LogP contribution is 2.10. The summed E-state index contributed by atoms with van der Waals surface area (Å²) in [6.07, 6.45) is 1.98. The topological polar surface area (TPSA) is 73.5 Å². The quantitative estimate of drug-likeness (QED) is 0.891. The second-order valence-corrected chi connectivity index (χ2v) is 5.71. The fraction of sp³-hybridized carbons (Fsp3) is 0.533. The van der Waals surface area contributed by atoms with E-state index in [1.807, 2.05) is 18.7 Å². The number of rotatable bonds is 3. The van der Waals surface area contributed by atoms with Gasteiger partial charge in [0.05, 0.1) is 5.56 Å². The molecular formula is C15H21N3O3. The van der Waals surface area contributed by atoms with Crippen LogP contribution in [0.5, 0.6) is 0 Å². The fourth-order valence-electron chi connectivity index (χ4n) is 2.36. The molecule has 6 heteroatoms. The summed E-state index contributed by atoms with van der Waals surface area (Å²) < 4.78 is 0. The lowest BCUT2D eigenvalue weighted by atomic mass is 10.1. The fourth-order valence-corrected chi connectivity index (χ4v) is 2.36. The van der Waals surface area contributed by atoms with Gasteiger partial charge in [0, 0.05) is 44.9 Å². The van der Waals surface area contributed by atoms with Crippen LogP contribution in [-0.2, 0) is 4.79 Å². The zero-order valence-electron chi connectivity index (χ0n) is 12.5. The molecule has 2 rings (SSSR count). The predicted molar refractivity (Wildman–Crippen MR) is 79.0 cm³/mol. The number of nitrogens with zero attached hydrogens (tertiary/aromatic N) is 2. The van der Waals surface area contributed by atoms with E-state index in [4.69, 9.17) is 0 Å². The van der Waals surface area contributed by atoms with E-state index >= 15 is 0 Å². The van der Waals surface area contributed by atoms with E-state index < -0.39 is 0 Å². The molecule has 0 aliphatic carbocycles. The monoisotopic (exact) mass is 291 g/mol. The van der Waals surface area contributed by atoms with Crippen LogP contribution in [0.15, 0.2) is 23.1 Å². The van der Waals surface area contributed by atoms with Crippen LogP contribution in [0.4, 0.5) is 0 Å². The summed E-state index contributed by atoms with van der Waals surface area (Å²) in [4.78, 5) is 41.3. The third kappa shape index (κ3) is 3.93. The summed E-state index contributed by atoms with van der Waals surface area (Å²) in [7, 11) is 0. The number of aromatic nitrogens is 1. The summed E-state index contributed by atoms with van der Waals surface area (Å²) in [6.45, 7) is 6.24. The SMILES string of the molecule is CC(C)CC(=O)N1CCN(C(=O)c2ccc(=O)[nH]c2)CC1. The zero-order chi connectivity index (χ0) is 15.4. The van der Waals surface area contributed by atoms with Gasteiger partial charge in [-0.3, -0.25) is 14.4 Å². The Hall–Kier alpha value is -2.11. The van der Waals surface area contributed by atoms with Crippen molar-refractivity contribution in [2.75, 3.05) is 26.2 Å². The maximum Gasteiger partial charge on any atom is 0.255 e. The van der Waals surface area contributed by atoms with E-state index in [1.54, 1.807) is 4.90 Å². The Morgan fingerprint density at radius 1 is 1.14 bits per heavy atom. The van der Waals surface area contributed by atoms with Crippen molar-refractivity contribution in [3.63, 3.8) is 0 Å². The van der Waals surface area contributed by atoms with Crippen LogP contribution in [0, 0.1) is 5.92 Å². The normalized spacial score (nSPS) is 15.4. The van der Waals surface area contributed by atoms with Crippen molar-refractivity contribution in [1.29, 1.82) is 0 Å². The van der Waals surface area contributed by atoms with Crippen molar-refractivity contribution >= 4 is 11.8 Å². The Balaban J connectivity index is 1.91. The van der Waals surface area contributed by atoms with E-state index in [9.17, 15) is 14.4 Å². The summed E-state index contributed by atoms with van der Waals surface area (Å²) in [5.41, 5.74) is 0.243. The molecule has 1 saturated heterocycles. The number of nitrogens with one attached hydrogen (secondary N) is 1. The van der Waals surface area contributed by atoms with Crippen molar-refractivity contribution in [3.05, 3.63) is 34.2 Å². The molecule has 0 spiro atoms. The van der Waals surface area contributed by atoms with Crippen molar-refractivity contribution in [2.24, 2.45) is 5.92 Å². The Morgan fingerprint density at radius 2 is 1.76 bits per heavy atom. The maximum atomic E-state index is 12.3. The molecule has 0 unspecified atom stereocenters. The molecule has 0 radical (unpaired) electrons. The van der Waals surface area contributed by atoms with Gasteiger partial charge in [0.1, 0.15) is 0 Å². The molecule has 1 aliphatic rings. The minimum atomic E-state index is -0.226. The van der Waals surface area contributed by atoms with Gasteiger partial charge in [0.2, 0.25) is 11.5 Å². The smallest absolute Gasteiger partial charge is 0.255 e. The average Bonchev–Trinajstić information content (AvgIpc) is 2.47. The van der Waals surface area contributed by atoms with Crippen LogP contribution >= 0.6 is 0 Å². The number of hydrogen-bond donors (Lipinski definition) is 1. The largest absolute Gasteiger partial charge is 0.339 e. The Labute approximate surface area is 123 Å². The number of H-pyrrole nitrogens is 1. The number of amides is 2. The highest BCUT2D eigenvalue weighted by atomic mass is 16.2. The molecule has 1 fully saturated rings. The number of hydrogen-bond acceptors (Lipinski definition) is 3. The minimum absolute atomic E-state index is 0.109. The van der Waals surface area contributed by atoms with Crippen LogP contribution in [0.2, 0.25) is 0 Å². The number of aromatic amines is 1. The minimum Gasteiger partial charge on any atom is -0.339 e. The van der Waals surface area contributed by atoms with Crippen LogP contribution in [0.25, 0.3) is 0 Å². The van der Waals surface area contributed by atoms with Crippen LogP contribution in [0.3, 0.4) is 0 Å². The van der Waals surface area contributed by atoms with E-state index in [-0.39, 0.29) is 17.4 Å². The van der Waals surface area contributed by atoms with E-state index in [0.29, 0.717) is 44.1 Å². The Bertz CT molecular complexity index is 551. The van der Waals surface area contributed by atoms with Gasteiger partial charge in [-0.15, -0.1) is 0 Å². The van der Waals surface area contributed by atoms with Gasteiger partial charge in [0.15, 0.2) is 0 Å². The number of carbonyl (C=O) groups is 2.